The monoisotopic (exact) mass is 513 g/mol. The van der Waals surface area contributed by atoms with E-state index in [1.165, 1.54) is 16.4 Å². The van der Waals surface area contributed by atoms with Crippen LogP contribution < -0.4 is 10.6 Å². The molecule has 184 valence electrons. The van der Waals surface area contributed by atoms with E-state index < -0.39 is 10.0 Å². The van der Waals surface area contributed by atoms with Crippen LogP contribution in [0.4, 0.5) is 10.5 Å². The second-order valence-corrected chi connectivity index (χ2v) is 10.7. The highest BCUT2D eigenvalue weighted by Gasteiger charge is 2.30. The molecular weight excluding hydrogens is 486 g/mol. The SMILES string of the molecule is C[C@@H](c1ccc(Cl)cc1)N1CCN(S(=O)(=O)c2ccc(NC(=O)NCc3cccnc3)cc2)CC1. The average molecular weight is 514 g/mol. The van der Waals surface area contributed by atoms with Gasteiger partial charge in [-0.2, -0.15) is 4.31 Å². The molecule has 8 nitrogen and oxygen atoms in total. The van der Waals surface area contributed by atoms with Crippen LogP contribution in [-0.2, 0) is 16.6 Å². The Morgan fingerprint density at radius 1 is 1.03 bits per heavy atom. The standard InChI is InChI=1S/C25H28ClN5O3S/c1-19(21-4-6-22(26)7-5-21)30-13-15-31(16-14-30)35(33,34)24-10-8-23(9-11-24)29-25(32)28-18-20-3-2-12-27-17-20/h2-12,17,19H,13-16,18H2,1H3,(H2,28,29,32)/t19-/m0/s1. The van der Waals surface area contributed by atoms with Gasteiger partial charge in [-0.3, -0.25) is 9.88 Å². The molecule has 1 aliphatic heterocycles. The predicted molar refractivity (Wildman–Crippen MR) is 137 cm³/mol. The zero-order chi connectivity index (χ0) is 24.8. The highest BCUT2D eigenvalue weighted by Crippen LogP contribution is 2.25. The maximum Gasteiger partial charge on any atom is 0.319 e. The number of aromatic nitrogens is 1. The summed E-state index contributed by atoms with van der Waals surface area (Å²) >= 11 is 5.99. The molecule has 0 saturated carbocycles. The van der Waals surface area contributed by atoms with Gasteiger partial charge in [-0.25, -0.2) is 13.2 Å². The van der Waals surface area contributed by atoms with Crippen molar-refractivity contribution in [3.05, 3.63) is 89.2 Å². The third-order valence-corrected chi connectivity index (χ3v) is 8.26. The lowest BCUT2D eigenvalue weighted by Crippen LogP contribution is -2.49. The van der Waals surface area contributed by atoms with Crippen LogP contribution >= 0.6 is 11.6 Å². The third kappa shape index (κ3) is 6.37. The van der Waals surface area contributed by atoms with Crippen LogP contribution in [0.15, 0.2) is 78.0 Å². The number of sulfonamides is 1. The van der Waals surface area contributed by atoms with Gasteiger partial charge >= 0.3 is 6.03 Å². The van der Waals surface area contributed by atoms with E-state index >= 15 is 0 Å². The van der Waals surface area contributed by atoms with Crippen LogP contribution in [0.3, 0.4) is 0 Å². The number of halogens is 1. The van der Waals surface area contributed by atoms with Gasteiger partial charge in [0.15, 0.2) is 0 Å². The minimum absolute atomic E-state index is 0.173. The number of benzene rings is 2. The molecule has 35 heavy (non-hydrogen) atoms. The van der Waals surface area contributed by atoms with Gasteiger partial charge in [0.1, 0.15) is 0 Å². The van der Waals surface area contributed by atoms with E-state index in [-0.39, 0.29) is 17.0 Å². The number of hydrogen-bond donors (Lipinski definition) is 2. The second-order valence-electron chi connectivity index (χ2n) is 8.36. The molecule has 0 bridgehead atoms. The lowest BCUT2D eigenvalue weighted by atomic mass is 10.1. The van der Waals surface area contributed by atoms with E-state index in [9.17, 15) is 13.2 Å². The van der Waals surface area contributed by atoms with Crippen molar-refractivity contribution in [1.82, 2.24) is 19.5 Å². The molecule has 0 unspecified atom stereocenters. The minimum Gasteiger partial charge on any atom is -0.334 e. The molecule has 0 spiro atoms. The lowest BCUT2D eigenvalue weighted by molar-refractivity contribution is 0.146. The molecule has 1 aromatic heterocycles. The van der Waals surface area contributed by atoms with E-state index in [0.717, 1.165) is 11.1 Å². The Labute approximate surface area is 211 Å². The Bertz CT molecular complexity index is 1230. The predicted octanol–water partition coefficient (Wildman–Crippen LogP) is 4.12. The van der Waals surface area contributed by atoms with Crippen LogP contribution in [-0.4, -0.2) is 54.8 Å². The summed E-state index contributed by atoms with van der Waals surface area (Å²) in [7, 11) is -3.62. The smallest absolute Gasteiger partial charge is 0.319 e. The number of rotatable bonds is 7. The molecule has 3 aromatic rings. The van der Waals surface area contributed by atoms with E-state index in [0.29, 0.717) is 43.4 Å². The lowest BCUT2D eigenvalue weighted by Gasteiger charge is -2.37. The summed E-state index contributed by atoms with van der Waals surface area (Å²) in [5.41, 5.74) is 2.54. The summed E-state index contributed by atoms with van der Waals surface area (Å²) in [5.74, 6) is 0. The number of carbonyl (C=O) groups is 1. The summed E-state index contributed by atoms with van der Waals surface area (Å²) < 4.78 is 27.8. The first-order chi connectivity index (χ1) is 16.8. The highest BCUT2D eigenvalue weighted by molar-refractivity contribution is 7.89. The zero-order valence-electron chi connectivity index (χ0n) is 19.4. The molecule has 10 heteroatoms. The molecular formula is C25H28ClN5O3S. The fourth-order valence-corrected chi connectivity index (χ4v) is 5.55. The number of carbonyl (C=O) groups excluding carboxylic acids is 1. The first-order valence-corrected chi connectivity index (χ1v) is 13.2. The Kier molecular flexibility index (Phi) is 8.02. The van der Waals surface area contributed by atoms with Gasteiger partial charge in [-0.15, -0.1) is 0 Å². The number of amides is 2. The van der Waals surface area contributed by atoms with Gasteiger partial charge in [0.25, 0.3) is 0 Å². The Morgan fingerprint density at radius 2 is 1.71 bits per heavy atom. The van der Waals surface area contributed by atoms with Gasteiger partial charge < -0.3 is 10.6 Å². The third-order valence-electron chi connectivity index (χ3n) is 6.10. The fourth-order valence-electron chi connectivity index (χ4n) is 4.00. The highest BCUT2D eigenvalue weighted by atomic mass is 35.5. The largest absolute Gasteiger partial charge is 0.334 e. The maximum atomic E-state index is 13.2. The van der Waals surface area contributed by atoms with E-state index in [1.807, 2.05) is 30.3 Å². The van der Waals surface area contributed by atoms with Crippen molar-refractivity contribution in [2.24, 2.45) is 0 Å². The van der Waals surface area contributed by atoms with Crippen LogP contribution in [0.5, 0.6) is 0 Å². The number of hydrogen-bond acceptors (Lipinski definition) is 5. The normalized spacial score (nSPS) is 15.9. The van der Waals surface area contributed by atoms with Gasteiger partial charge in [0.05, 0.1) is 4.90 Å². The summed E-state index contributed by atoms with van der Waals surface area (Å²) in [5, 5.41) is 6.16. The zero-order valence-corrected chi connectivity index (χ0v) is 21.0. The molecule has 2 aromatic carbocycles. The van der Waals surface area contributed by atoms with Crippen molar-refractivity contribution in [2.75, 3.05) is 31.5 Å². The topological polar surface area (TPSA) is 94.6 Å². The maximum absolute atomic E-state index is 13.2. The van der Waals surface area contributed by atoms with Crippen LogP contribution in [0, 0.1) is 0 Å². The summed E-state index contributed by atoms with van der Waals surface area (Å²) in [6.45, 7) is 4.56. The molecule has 0 aliphatic carbocycles. The van der Waals surface area contributed by atoms with Gasteiger partial charge in [0.2, 0.25) is 10.0 Å². The van der Waals surface area contributed by atoms with E-state index in [4.69, 9.17) is 11.6 Å². The van der Waals surface area contributed by atoms with Crippen molar-refractivity contribution >= 4 is 33.3 Å². The van der Waals surface area contributed by atoms with Crippen LogP contribution in [0.25, 0.3) is 0 Å². The van der Waals surface area contributed by atoms with Crippen LogP contribution in [0.1, 0.15) is 24.1 Å². The first-order valence-electron chi connectivity index (χ1n) is 11.4. The summed E-state index contributed by atoms with van der Waals surface area (Å²) in [6.07, 6.45) is 3.35. The second kappa shape index (κ2) is 11.2. The van der Waals surface area contributed by atoms with Crippen molar-refractivity contribution in [3.63, 3.8) is 0 Å². The molecule has 1 aliphatic rings. The average Bonchev–Trinajstić information content (AvgIpc) is 2.88. The molecule has 0 radical (unpaired) electrons. The number of nitrogens with zero attached hydrogens (tertiary/aromatic N) is 3. The van der Waals surface area contributed by atoms with Crippen molar-refractivity contribution in [3.8, 4) is 0 Å². The molecule has 1 atom stereocenters. The number of urea groups is 1. The first kappa shape index (κ1) is 25.1. The fraction of sp³-hybridized carbons (Fsp3) is 0.280. The molecule has 1 fully saturated rings. The van der Waals surface area contributed by atoms with Crippen LogP contribution in [0.2, 0.25) is 5.02 Å². The van der Waals surface area contributed by atoms with Crippen molar-refractivity contribution in [2.45, 2.75) is 24.4 Å². The Morgan fingerprint density at radius 3 is 2.34 bits per heavy atom. The van der Waals surface area contributed by atoms with Crippen molar-refractivity contribution < 1.29 is 13.2 Å². The summed E-state index contributed by atoms with van der Waals surface area (Å²) in [6, 6.07) is 17.4. The number of anilines is 1. The quantitative estimate of drug-likeness (QED) is 0.495. The molecule has 2 amide bonds. The molecule has 1 saturated heterocycles. The molecule has 2 heterocycles. The number of piperazine rings is 1. The molecule has 4 rings (SSSR count). The summed E-state index contributed by atoms with van der Waals surface area (Å²) in [4.78, 5) is 18.6. The van der Waals surface area contributed by atoms with Gasteiger partial charge in [-0.05, 0) is 60.5 Å². The van der Waals surface area contributed by atoms with Gasteiger partial charge in [0, 0.05) is 61.9 Å². The Hall–Kier alpha value is -2.98. The van der Waals surface area contributed by atoms with Gasteiger partial charge in [-0.1, -0.05) is 29.8 Å². The molecule has 2 N–H and O–H groups in total. The number of pyridine rings is 1. The minimum atomic E-state index is -3.62. The Balaban J connectivity index is 1.31. The van der Waals surface area contributed by atoms with E-state index in [2.05, 4.69) is 27.4 Å². The van der Waals surface area contributed by atoms with Crippen molar-refractivity contribution in [1.29, 1.82) is 0 Å². The van der Waals surface area contributed by atoms with E-state index in [1.54, 1.807) is 30.6 Å². The number of nitrogens with one attached hydrogen (secondary N) is 2.